The van der Waals surface area contributed by atoms with E-state index in [9.17, 15) is 18.0 Å². The highest BCUT2D eigenvalue weighted by Gasteiger charge is 2.29. The van der Waals surface area contributed by atoms with Crippen LogP contribution in [-0.4, -0.2) is 6.03 Å². The van der Waals surface area contributed by atoms with Crippen LogP contribution in [0, 0.1) is 0 Å². The smallest absolute Gasteiger partial charge is 0.334 e. The van der Waals surface area contributed by atoms with Crippen LogP contribution in [0.3, 0.4) is 0 Å². The minimum Gasteiger partial charge on any atom is -0.334 e. The zero-order valence-electron chi connectivity index (χ0n) is 14.3. The number of amides is 2. The highest BCUT2D eigenvalue weighted by Crippen LogP contribution is 2.29. The lowest BCUT2D eigenvalue weighted by Crippen LogP contribution is -2.28. The van der Waals surface area contributed by atoms with Crippen molar-refractivity contribution in [3.63, 3.8) is 0 Å². The first-order valence-corrected chi connectivity index (χ1v) is 8.29. The molecule has 0 unspecified atom stereocenters. The second kappa shape index (κ2) is 7.95. The summed E-state index contributed by atoms with van der Waals surface area (Å²) in [4.78, 5) is 12.2. The Bertz CT molecular complexity index is 907. The molecule has 6 heteroatoms. The van der Waals surface area contributed by atoms with Crippen LogP contribution in [0.5, 0.6) is 0 Å². The number of carbonyl (C=O) groups is 1. The number of hydrogen-bond donors (Lipinski definition) is 2. The fourth-order valence-electron chi connectivity index (χ4n) is 2.62. The van der Waals surface area contributed by atoms with Gasteiger partial charge in [0.2, 0.25) is 0 Å². The monoisotopic (exact) mass is 370 g/mol. The Kier molecular flexibility index (Phi) is 5.45. The second-order valence-electron chi connectivity index (χ2n) is 5.91. The normalized spacial score (nSPS) is 11.1. The molecular formula is C21H17F3N2O. The van der Waals surface area contributed by atoms with Crippen molar-refractivity contribution in [1.82, 2.24) is 5.32 Å². The van der Waals surface area contributed by atoms with E-state index in [1.54, 1.807) is 6.07 Å². The summed E-state index contributed by atoms with van der Waals surface area (Å²) in [7, 11) is 0. The highest BCUT2D eigenvalue weighted by atomic mass is 19.4. The maximum atomic E-state index is 12.6. The third kappa shape index (κ3) is 4.88. The van der Waals surface area contributed by atoms with Gasteiger partial charge in [0.05, 0.1) is 11.3 Å². The number of urea groups is 1. The van der Waals surface area contributed by atoms with Gasteiger partial charge in [-0.05, 0) is 29.3 Å². The average Bonchev–Trinajstić information content (AvgIpc) is 2.67. The molecule has 2 amide bonds. The molecule has 138 valence electrons. The zero-order chi connectivity index (χ0) is 19.3. The van der Waals surface area contributed by atoms with Crippen molar-refractivity contribution in [2.24, 2.45) is 0 Å². The van der Waals surface area contributed by atoms with E-state index in [1.165, 1.54) is 12.1 Å². The van der Waals surface area contributed by atoms with Gasteiger partial charge in [-0.1, -0.05) is 60.7 Å². The summed E-state index contributed by atoms with van der Waals surface area (Å²) in [6.45, 7) is 0.122. The minimum atomic E-state index is -4.37. The van der Waals surface area contributed by atoms with Crippen LogP contribution in [0.2, 0.25) is 0 Å². The Morgan fingerprint density at radius 2 is 1.44 bits per heavy atom. The fourth-order valence-corrected chi connectivity index (χ4v) is 2.62. The highest BCUT2D eigenvalue weighted by molar-refractivity contribution is 5.94. The lowest BCUT2D eigenvalue weighted by Gasteiger charge is -2.12. The van der Waals surface area contributed by atoms with Gasteiger partial charge in [-0.2, -0.15) is 13.2 Å². The molecule has 3 aromatic rings. The molecule has 0 heterocycles. The van der Waals surface area contributed by atoms with E-state index in [0.717, 1.165) is 23.3 Å². The van der Waals surface area contributed by atoms with Crippen LogP contribution in [0.25, 0.3) is 11.1 Å². The number of para-hydroxylation sites is 1. The van der Waals surface area contributed by atoms with E-state index in [2.05, 4.69) is 10.6 Å². The van der Waals surface area contributed by atoms with Gasteiger partial charge in [-0.3, -0.25) is 0 Å². The van der Waals surface area contributed by atoms with Crippen LogP contribution in [-0.2, 0) is 12.7 Å². The Morgan fingerprint density at radius 3 is 2.11 bits per heavy atom. The van der Waals surface area contributed by atoms with Crippen molar-refractivity contribution < 1.29 is 18.0 Å². The van der Waals surface area contributed by atoms with E-state index in [0.29, 0.717) is 11.3 Å². The lowest BCUT2D eigenvalue weighted by molar-refractivity contribution is -0.137. The van der Waals surface area contributed by atoms with Gasteiger partial charge in [-0.15, -0.1) is 0 Å². The summed E-state index contributed by atoms with van der Waals surface area (Å²) in [5.41, 5.74) is 2.36. The number of halogens is 3. The number of carbonyl (C=O) groups excluding carboxylic acids is 1. The van der Waals surface area contributed by atoms with Crippen molar-refractivity contribution in [2.45, 2.75) is 12.7 Å². The van der Waals surface area contributed by atoms with E-state index >= 15 is 0 Å². The zero-order valence-corrected chi connectivity index (χ0v) is 14.3. The predicted molar refractivity (Wildman–Crippen MR) is 99.2 cm³/mol. The number of hydrogen-bond acceptors (Lipinski definition) is 1. The van der Waals surface area contributed by atoms with Crippen molar-refractivity contribution in [1.29, 1.82) is 0 Å². The number of alkyl halides is 3. The molecule has 3 rings (SSSR count). The van der Waals surface area contributed by atoms with Gasteiger partial charge >= 0.3 is 12.2 Å². The largest absolute Gasteiger partial charge is 0.416 e. The van der Waals surface area contributed by atoms with Crippen LogP contribution < -0.4 is 10.6 Å². The Labute approximate surface area is 154 Å². The molecule has 0 atom stereocenters. The summed E-state index contributed by atoms with van der Waals surface area (Å²) in [5, 5.41) is 5.44. The summed E-state index contributed by atoms with van der Waals surface area (Å²) in [6, 6.07) is 21.3. The molecule has 0 aliphatic carbocycles. The van der Waals surface area contributed by atoms with E-state index < -0.39 is 17.8 Å². The first-order chi connectivity index (χ1) is 12.9. The van der Waals surface area contributed by atoms with Gasteiger partial charge in [0, 0.05) is 12.1 Å². The van der Waals surface area contributed by atoms with Gasteiger partial charge in [-0.25, -0.2) is 4.79 Å². The Balaban J connectivity index is 1.64. The number of nitrogens with one attached hydrogen (secondary N) is 2. The van der Waals surface area contributed by atoms with Crippen molar-refractivity contribution in [3.8, 4) is 11.1 Å². The molecule has 0 fully saturated rings. The van der Waals surface area contributed by atoms with Crippen LogP contribution >= 0.6 is 0 Å². The van der Waals surface area contributed by atoms with Crippen molar-refractivity contribution in [3.05, 3.63) is 90.0 Å². The molecule has 27 heavy (non-hydrogen) atoms. The lowest BCUT2D eigenvalue weighted by atomic mass is 10.0. The third-order valence-corrected chi connectivity index (χ3v) is 3.99. The van der Waals surface area contributed by atoms with Gasteiger partial charge < -0.3 is 10.6 Å². The van der Waals surface area contributed by atoms with Gasteiger partial charge in [0.15, 0.2) is 0 Å². The van der Waals surface area contributed by atoms with E-state index in [-0.39, 0.29) is 6.54 Å². The molecule has 3 aromatic carbocycles. The molecule has 0 radical (unpaired) electrons. The molecule has 2 N–H and O–H groups in total. The molecule has 0 saturated heterocycles. The van der Waals surface area contributed by atoms with Crippen molar-refractivity contribution in [2.75, 3.05) is 5.32 Å². The first-order valence-electron chi connectivity index (χ1n) is 8.29. The van der Waals surface area contributed by atoms with Crippen LogP contribution in [0.4, 0.5) is 23.7 Å². The Morgan fingerprint density at radius 1 is 0.815 bits per heavy atom. The predicted octanol–water partition coefficient (Wildman–Crippen LogP) is 5.69. The summed E-state index contributed by atoms with van der Waals surface area (Å²) >= 11 is 0. The van der Waals surface area contributed by atoms with Gasteiger partial charge in [0.1, 0.15) is 0 Å². The maximum Gasteiger partial charge on any atom is 0.416 e. The standard InChI is InChI=1S/C21H17F3N2O/c22-21(23,24)17-12-10-15(11-13-17)14-25-20(27)26-19-9-5-4-8-18(19)16-6-2-1-3-7-16/h1-13H,14H2,(H2,25,26,27). The molecule has 0 aromatic heterocycles. The van der Waals surface area contributed by atoms with E-state index in [1.807, 2.05) is 48.5 Å². The second-order valence-corrected chi connectivity index (χ2v) is 5.91. The number of anilines is 1. The summed E-state index contributed by atoms with van der Waals surface area (Å²) in [5.74, 6) is 0. The topological polar surface area (TPSA) is 41.1 Å². The van der Waals surface area contributed by atoms with Gasteiger partial charge in [0.25, 0.3) is 0 Å². The summed E-state index contributed by atoms with van der Waals surface area (Å²) < 4.78 is 37.7. The minimum absolute atomic E-state index is 0.122. The first kappa shape index (κ1) is 18.5. The molecule has 0 spiro atoms. The quantitative estimate of drug-likeness (QED) is 0.608. The maximum absolute atomic E-state index is 12.6. The third-order valence-electron chi connectivity index (χ3n) is 3.99. The van der Waals surface area contributed by atoms with Crippen molar-refractivity contribution >= 4 is 11.7 Å². The Hall–Kier alpha value is -3.28. The molecule has 0 saturated carbocycles. The number of rotatable bonds is 4. The van der Waals surface area contributed by atoms with Crippen LogP contribution in [0.1, 0.15) is 11.1 Å². The molecule has 0 aliphatic heterocycles. The average molecular weight is 370 g/mol. The van der Waals surface area contributed by atoms with E-state index in [4.69, 9.17) is 0 Å². The SMILES string of the molecule is O=C(NCc1ccc(C(F)(F)F)cc1)Nc1ccccc1-c1ccccc1. The molecular weight excluding hydrogens is 353 g/mol. The molecule has 0 bridgehead atoms. The number of benzene rings is 3. The molecule has 3 nitrogen and oxygen atoms in total. The molecule has 0 aliphatic rings. The van der Waals surface area contributed by atoms with Crippen LogP contribution in [0.15, 0.2) is 78.9 Å². The fraction of sp³-hybridized carbons (Fsp3) is 0.0952. The summed E-state index contributed by atoms with van der Waals surface area (Å²) in [6.07, 6.45) is -4.37.